The molecule has 0 amide bonds. The second kappa shape index (κ2) is 12.6. The fourth-order valence-corrected chi connectivity index (χ4v) is 1.97. The summed E-state index contributed by atoms with van der Waals surface area (Å²) in [6, 6.07) is 6.16. The molecule has 0 aliphatic carbocycles. The number of carboxylic acid groups (broad SMARTS) is 2. The molecule has 29 heavy (non-hydrogen) atoms. The highest BCUT2D eigenvalue weighted by molar-refractivity contribution is 5.73. The van der Waals surface area contributed by atoms with E-state index in [1.54, 1.807) is 12.1 Å². The Bertz CT molecular complexity index is 668. The van der Waals surface area contributed by atoms with Crippen molar-refractivity contribution in [1.82, 2.24) is 10.6 Å². The summed E-state index contributed by atoms with van der Waals surface area (Å²) < 4.78 is 31.7. The molecule has 1 rings (SSSR count). The van der Waals surface area contributed by atoms with E-state index in [1.807, 2.05) is 6.92 Å². The number of hydrogen-bond donors (Lipinski definition) is 5. The van der Waals surface area contributed by atoms with E-state index in [9.17, 15) is 28.1 Å². The number of nitrogens with one attached hydrogen (secondary N) is 2. The van der Waals surface area contributed by atoms with Gasteiger partial charge in [-0.1, -0.05) is 12.1 Å². The number of carboxylic acids is 2. The van der Waals surface area contributed by atoms with E-state index in [1.165, 1.54) is 12.1 Å². The minimum atomic E-state index is -5.08. The van der Waals surface area contributed by atoms with E-state index >= 15 is 0 Å². The molecule has 0 radical (unpaired) electrons. The van der Waals surface area contributed by atoms with E-state index in [-0.39, 0.29) is 24.3 Å². The number of non-ortho nitro benzene ring substituents is 1. The van der Waals surface area contributed by atoms with Crippen LogP contribution in [-0.2, 0) is 16.0 Å². The average molecular weight is 424 g/mol. The van der Waals surface area contributed by atoms with Crippen molar-refractivity contribution in [2.75, 3.05) is 19.6 Å². The minimum Gasteiger partial charge on any atom is -0.480 e. The lowest BCUT2D eigenvalue weighted by atomic mass is 10.1. The number of alkyl halides is 3. The molecule has 2 unspecified atom stereocenters. The van der Waals surface area contributed by atoms with Gasteiger partial charge in [-0.2, -0.15) is 13.2 Å². The Morgan fingerprint density at radius 2 is 1.72 bits per heavy atom. The van der Waals surface area contributed by atoms with Crippen LogP contribution in [0.5, 0.6) is 0 Å². The SMILES string of the molecule is CC(N)CNCC(Cc1ccc([N+](=O)[O-])cc1)NCC(=O)O.O=C(O)C(F)(F)F. The monoisotopic (exact) mass is 424 g/mol. The highest BCUT2D eigenvalue weighted by Crippen LogP contribution is 2.13. The third kappa shape index (κ3) is 13.1. The second-order valence-corrected chi connectivity index (χ2v) is 6.04. The molecule has 10 nitrogen and oxygen atoms in total. The van der Waals surface area contributed by atoms with Crippen LogP contribution >= 0.6 is 0 Å². The van der Waals surface area contributed by atoms with E-state index in [4.69, 9.17) is 20.7 Å². The van der Waals surface area contributed by atoms with Gasteiger partial charge in [-0.25, -0.2) is 4.79 Å². The molecule has 13 heteroatoms. The van der Waals surface area contributed by atoms with Crippen LogP contribution in [0.15, 0.2) is 24.3 Å². The normalized spacial score (nSPS) is 13.0. The minimum absolute atomic E-state index is 0.0134. The molecule has 0 fully saturated rings. The van der Waals surface area contributed by atoms with Gasteiger partial charge in [0, 0.05) is 37.3 Å². The van der Waals surface area contributed by atoms with Crippen molar-refractivity contribution < 1.29 is 37.9 Å². The fraction of sp³-hybridized carbons (Fsp3) is 0.500. The molecule has 0 aliphatic heterocycles. The van der Waals surface area contributed by atoms with Crippen LogP contribution in [0.25, 0.3) is 0 Å². The molecule has 0 saturated heterocycles. The van der Waals surface area contributed by atoms with Crippen molar-refractivity contribution in [3.8, 4) is 0 Å². The summed E-state index contributed by atoms with van der Waals surface area (Å²) >= 11 is 0. The number of nitrogens with zero attached hydrogens (tertiary/aromatic N) is 1. The van der Waals surface area contributed by atoms with Crippen LogP contribution < -0.4 is 16.4 Å². The van der Waals surface area contributed by atoms with Gasteiger partial charge in [0.25, 0.3) is 5.69 Å². The van der Waals surface area contributed by atoms with Crippen LogP contribution in [0.4, 0.5) is 18.9 Å². The zero-order valence-corrected chi connectivity index (χ0v) is 15.5. The Morgan fingerprint density at radius 1 is 1.21 bits per heavy atom. The maximum absolute atomic E-state index is 10.7. The number of nitro benzene ring substituents is 1. The number of aliphatic carboxylic acids is 2. The molecule has 2 atom stereocenters. The molecule has 1 aromatic rings. The maximum Gasteiger partial charge on any atom is 0.490 e. The van der Waals surface area contributed by atoms with E-state index < -0.39 is 23.0 Å². The molecule has 1 aromatic carbocycles. The molecule has 0 bridgehead atoms. The van der Waals surface area contributed by atoms with Crippen molar-refractivity contribution in [1.29, 1.82) is 0 Å². The van der Waals surface area contributed by atoms with Crippen molar-refractivity contribution in [2.45, 2.75) is 31.6 Å². The Balaban J connectivity index is 0.000000956. The Hall–Kier alpha value is -2.77. The lowest BCUT2D eigenvalue weighted by Crippen LogP contribution is -2.44. The Labute approximate surface area is 164 Å². The topological polar surface area (TPSA) is 168 Å². The molecule has 0 aliphatic rings. The number of rotatable bonds is 10. The average Bonchev–Trinajstić information content (AvgIpc) is 2.59. The predicted molar refractivity (Wildman–Crippen MR) is 96.4 cm³/mol. The molecule has 0 spiro atoms. The van der Waals surface area contributed by atoms with Crippen LogP contribution in [-0.4, -0.2) is 65.0 Å². The first kappa shape index (κ1) is 26.2. The van der Waals surface area contributed by atoms with Gasteiger partial charge in [-0.3, -0.25) is 14.9 Å². The van der Waals surface area contributed by atoms with Crippen LogP contribution in [0.3, 0.4) is 0 Å². The number of hydrogen-bond acceptors (Lipinski definition) is 7. The second-order valence-electron chi connectivity index (χ2n) is 6.04. The number of benzene rings is 1. The summed E-state index contributed by atoms with van der Waals surface area (Å²) in [5.41, 5.74) is 6.59. The summed E-state index contributed by atoms with van der Waals surface area (Å²) in [5.74, 6) is -3.69. The molecule has 164 valence electrons. The van der Waals surface area contributed by atoms with E-state index in [2.05, 4.69) is 10.6 Å². The first-order valence-electron chi connectivity index (χ1n) is 8.27. The zero-order valence-electron chi connectivity index (χ0n) is 15.5. The van der Waals surface area contributed by atoms with E-state index in [0.717, 1.165) is 5.56 Å². The van der Waals surface area contributed by atoms with Crippen molar-refractivity contribution in [3.05, 3.63) is 39.9 Å². The van der Waals surface area contributed by atoms with Gasteiger partial charge >= 0.3 is 18.1 Å². The molecule has 0 saturated carbocycles. The highest BCUT2D eigenvalue weighted by Gasteiger charge is 2.38. The molecular formula is C16H23F3N4O6. The first-order valence-corrected chi connectivity index (χ1v) is 8.27. The van der Waals surface area contributed by atoms with Gasteiger partial charge in [0.1, 0.15) is 0 Å². The predicted octanol–water partition coefficient (Wildman–Crippen LogP) is 0.750. The molecule has 0 heterocycles. The maximum atomic E-state index is 10.7. The van der Waals surface area contributed by atoms with Crippen LogP contribution in [0, 0.1) is 10.1 Å². The third-order valence-corrected chi connectivity index (χ3v) is 3.27. The summed E-state index contributed by atoms with van der Waals surface area (Å²) in [5, 5.41) is 32.6. The van der Waals surface area contributed by atoms with Crippen molar-refractivity contribution in [2.24, 2.45) is 5.73 Å². The number of nitro groups is 1. The summed E-state index contributed by atoms with van der Waals surface area (Å²) in [6.07, 6.45) is -4.52. The Morgan fingerprint density at radius 3 is 2.10 bits per heavy atom. The summed E-state index contributed by atoms with van der Waals surface area (Å²) in [7, 11) is 0. The van der Waals surface area contributed by atoms with Gasteiger partial charge in [0.2, 0.25) is 0 Å². The summed E-state index contributed by atoms with van der Waals surface area (Å²) in [6.45, 7) is 2.93. The largest absolute Gasteiger partial charge is 0.490 e. The smallest absolute Gasteiger partial charge is 0.480 e. The van der Waals surface area contributed by atoms with Gasteiger partial charge in [-0.15, -0.1) is 0 Å². The van der Waals surface area contributed by atoms with Gasteiger partial charge in [0.05, 0.1) is 11.5 Å². The molecular weight excluding hydrogens is 401 g/mol. The highest BCUT2D eigenvalue weighted by atomic mass is 19.4. The van der Waals surface area contributed by atoms with Gasteiger partial charge in [-0.05, 0) is 18.9 Å². The van der Waals surface area contributed by atoms with Gasteiger partial charge in [0.15, 0.2) is 0 Å². The summed E-state index contributed by atoms with van der Waals surface area (Å²) in [4.78, 5) is 29.7. The van der Waals surface area contributed by atoms with Crippen LogP contribution in [0.1, 0.15) is 12.5 Å². The molecule has 0 aromatic heterocycles. The standard InChI is InChI=1S/C14H22N4O4.C2HF3O2/c1-10(15)7-16-8-12(17-9-14(19)20)6-11-2-4-13(5-3-11)18(21)22;3-2(4,5)1(6)7/h2-5,10,12,16-17H,6-9,15H2,1H3,(H,19,20);(H,6,7). The van der Waals surface area contributed by atoms with Gasteiger partial charge < -0.3 is 26.6 Å². The lowest BCUT2D eigenvalue weighted by Gasteiger charge is -2.19. The van der Waals surface area contributed by atoms with Crippen LogP contribution in [0.2, 0.25) is 0 Å². The lowest BCUT2D eigenvalue weighted by molar-refractivity contribution is -0.384. The molecule has 6 N–H and O–H groups in total. The van der Waals surface area contributed by atoms with Crippen molar-refractivity contribution >= 4 is 17.6 Å². The van der Waals surface area contributed by atoms with E-state index in [0.29, 0.717) is 19.5 Å². The van der Waals surface area contributed by atoms with Crippen molar-refractivity contribution in [3.63, 3.8) is 0 Å². The number of halogens is 3. The number of carbonyl (C=O) groups is 2. The first-order chi connectivity index (χ1) is 13.3. The Kier molecular flexibility index (Phi) is 11.4. The third-order valence-electron chi connectivity index (χ3n) is 3.27. The zero-order chi connectivity index (χ0) is 22.6. The number of nitrogens with two attached hydrogens (primary N) is 1. The fourth-order valence-electron chi connectivity index (χ4n) is 1.97. The quantitative estimate of drug-likeness (QED) is 0.269.